The Balaban J connectivity index is 2.03. The summed E-state index contributed by atoms with van der Waals surface area (Å²) in [5.41, 5.74) is 9.27. The summed E-state index contributed by atoms with van der Waals surface area (Å²) in [6, 6.07) is 5.00. The van der Waals surface area contributed by atoms with Crippen LogP contribution in [0.25, 0.3) is 22.0 Å². The van der Waals surface area contributed by atoms with Gasteiger partial charge in [0.2, 0.25) is 0 Å². The first-order chi connectivity index (χ1) is 12.3. The smallest absolute Gasteiger partial charge is 0.267 e. The second-order valence-corrected chi connectivity index (χ2v) is 8.75. The third kappa shape index (κ3) is 2.66. The van der Waals surface area contributed by atoms with Crippen molar-refractivity contribution in [2.75, 3.05) is 6.26 Å². The maximum Gasteiger partial charge on any atom is 0.267 e. The lowest BCUT2D eigenvalue weighted by atomic mass is 9.96. The average Bonchev–Trinajstić information content (AvgIpc) is 3.31. The third-order valence-corrected chi connectivity index (χ3v) is 5.95. The SMILES string of the molecule is Cc1cc(-c2c(C(N)=O)ncc3[nH]nc(C4CC4)c23)ccc1S(C)(=O)=O. The maximum absolute atomic E-state index is 12.0. The quantitative estimate of drug-likeness (QED) is 0.730. The Morgan fingerprint density at radius 1 is 1.31 bits per heavy atom. The molecule has 1 saturated carbocycles. The van der Waals surface area contributed by atoms with Crippen LogP contribution < -0.4 is 5.73 Å². The number of fused-ring (bicyclic) bond motifs is 1. The predicted octanol–water partition coefficient (Wildman–Crippen LogP) is 2.31. The summed E-state index contributed by atoms with van der Waals surface area (Å²) < 4.78 is 23.8. The third-order valence-electron chi connectivity index (χ3n) is 4.69. The molecule has 2 heterocycles. The van der Waals surface area contributed by atoms with Gasteiger partial charge in [-0.1, -0.05) is 12.1 Å². The van der Waals surface area contributed by atoms with Crippen molar-refractivity contribution in [3.8, 4) is 11.1 Å². The molecule has 26 heavy (non-hydrogen) atoms. The molecule has 1 aliphatic carbocycles. The van der Waals surface area contributed by atoms with Crippen LogP contribution in [0.15, 0.2) is 29.3 Å². The Bertz CT molecular complexity index is 1160. The van der Waals surface area contributed by atoms with E-state index in [1.54, 1.807) is 31.3 Å². The van der Waals surface area contributed by atoms with Crippen LogP contribution in [0.5, 0.6) is 0 Å². The summed E-state index contributed by atoms with van der Waals surface area (Å²) in [6.07, 6.45) is 4.85. The molecule has 8 heteroatoms. The number of benzene rings is 1. The Hall–Kier alpha value is -2.74. The van der Waals surface area contributed by atoms with Crippen molar-refractivity contribution < 1.29 is 13.2 Å². The Kier molecular flexibility index (Phi) is 3.62. The van der Waals surface area contributed by atoms with E-state index in [0.717, 1.165) is 29.4 Å². The van der Waals surface area contributed by atoms with Crippen molar-refractivity contribution in [3.63, 3.8) is 0 Å². The van der Waals surface area contributed by atoms with E-state index in [-0.39, 0.29) is 10.6 Å². The molecule has 0 bridgehead atoms. The number of aryl methyl sites for hydroxylation is 1. The van der Waals surface area contributed by atoms with Crippen molar-refractivity contribution in [3.05, 3.63) is 41.3 Å². The van der Waals surface area contributed by atoms with Crippen molar-refractivity contribution in [1.82, 2.24) is 15.2 Å². The number of carbonyl (C=O) groups is 1. The van der Waals surface area contributed by atoms with Crippen LogP contribution in [0.2, 0.25) is 0 Å². The van der Waals surface area contributed by atoms with Crippen LogP contribution in [0.4, 0.5) is 0 Å². The minimum absolute atomic E-state index is 0.160. The normalized spacial score (nSPS) is 14.7. The number of carbonyl (C=O) groups excluding carboxylic acids is 1. The van der Waals surface area contributed by atoms with Gasteiger partial charge >= 0.3 is 0 Å². The zero-order valence-corrected chi connectivity index (χ0v) is 15.2. The number of amides is 1. The summed E-state index contributed by atoms with van der Waals surface area (Å²) in [5.74, 6) is -0.267. The Labute approximate surface area is 150 Å². The van der Waals surface area contributed by atoms with Gasteiger partial charge in [0.15, 0.2) is 9.84 Å². The molecule has 0 saturated heterocycles. The van der Waals surface area contributed by atoms with Gasteiger partial charge in [-0.3, -0.25) is 9.89 Å². The molecule has 0 unspecified atom stereocenters. The molecular weight excluding hydrogens is 352 g/mol. The number of sulfone groups is 1. The van der Waals surface area contributed by atoms with Crippen LogP contribution in [-0.4, -0.2) is 35.8 Å². The Morgan fingerprint density at radius 3 is 2.62 bits per heavy atom. The molecule has 1 fully saturated rings. The largest absolute Gasteiger partial charge is 0.364 e. The van der Waals surface area contributed by atoms with Gasteiger partial charge in [0.25, 0.3) is 5.91 Å². The molecule has 0 spiro atoms. The lowest BCUT2D eigenvalue weighted by Gasteiger charge is -2.12. The lowest BCUT2D eigenvalue weighted by Crippen LogP contribution is -2.15. The molecule has 1 aromatic carbocycles. The number of pyridine rings is 1. The molecular formula is C18H18N4O3S. The number of rotatable bonds is 4. The van der Waals surface area contributed by atoms with E-state index < -0.39 is 15.7 Å². The predicted molar refractivity (Wildman–Crippen MR) is 97.7 cm³/mol. The summed E-state index contributed by atoms with van der Waals surface area (Å²) in [4.78, 5) is 16.5. The first-order valence-corrected chi connectivity index (χ1v) is 10.1. The van der Waals surface area contributed by atoms with Crippen LogP contribution in [0.3, 0.4) is 0 Å². The van der Waals surface area contributed by atoms with Crippen molar-refractivity contribution in [1.29, 1.82) is 0 Å². The van der Waals surface area contributed by atoms with Gasteiger partial charge in [0, 0.05) is 23.1 Å². The molecule has 0 aliphatic heterocycles. The molecule has 2 aromatic heterocycles. The highest BCUT2D eigenvalue weighted by Gasteiger charge is 2.31. The minimum Gasteiger partial charge on any atom is -0.364 e. The zero-order chi connectivity index (χ0) is 18.6. The number of nitrogens with one attached hydrogen (secondary N) is 1. The van der Waals surface area contributed by atoms with Crippen LogP contribution in [-0.2, 0) is 9.84 Å². The van der Waals surface area contributed by atoms with E-state index in [1.807, 2.05) is 0 Å². The highest BCUT2D eigenvalue weighted by molar-refractivity contribution is 7.90. The first-order valence-electron chi connectivity index (χ1n) is 8.25. The first kappa shape index (κ1) is 16.7. The summed E-state index contributed by atoms with van der Waals surface area (Å²) >= 11 is 0. The van der Waals surface area contributed by atoms with E-state index >= 15 is 0 Å². The molecule has 1 aliphatic rings. The zero-order valence-electron chi connectivity index (χ0n) is 14.4. The summed E-state index contributed by atoms with van der Waals surface area (Å²) in [5, 5.41) is 8.22. The number of aromatic amines is 1. The molecule has 7 nitrogen and oxygen atoms in total. The monoisotopic (exact) mass is 370 g/mol. The number of nitrogens with two attached hydrogens (primary N) is 1. The number of primary amides is 1. The van der Waals surface area contributed by atoms with E-state index in [9.17, 15) is 13.2 Å². The minimum atomic E-state index is -3.33. The highest BCUT2D eigenvalue weighted by Crippen LogP contribution is 2.45. The van der Waals surface area contributed by atoms with E-state index in [2.05, 4.69) is 15.2 Å². The topological polar surface area (TPSA) is 119 Å². The number of hydrogen-bond donors (Lipinski definition) is 2. The van der Waals surface area contributed by atoms with Crippen molar-refractivity contribution >= 4 is 26.6 Å². The average molecular weight is 370 g/mol. The standard InChI is InChI=1S/C18H18N4O3S/c1-9-7-11(5-6-13(9)26(2,24)25)14-15-12(8-20-17(14)18(19)23)21-22-16(15)10-3-4-10/h5-8,10H,3-4H2,1-2H3,(H2,19,23)(H,21,22). The van der Waals surface area contributed by atoms with Gasteiger partial charge in [-0.2, -0.15) is 5.10 Å². The highest BCUT2D eigenvalue weighted by atomic mass is 32.2. The van der Waals surface area contributed by atoms with Gasteiger partial charge in [0.05, 0.1) is 22.3 Å². The van der Waals surface area contributed by atoms with E-state index in [1.165, 1.54) is 6.26 Å². The summed E-state index contributed by atoms with van der Waals surface area (Å²) in [6.45, 7) is 1.73. The fraction of sp³-hybridized carbons (Fsp3) is 0.278. The molecule has 134 valence electrons. The van der Waals surface area contributed by atoms with E-state index in [4.69, 9.17) is 5.73 Å². The van der Waals surface area contributed by atoms with Crippen LogP contribution in [0, 0.1) is 6.92 Å². The summed E-state index contributed by atoms with van der Waals surface area (Å²) in [7, 11) is -3.33. The molecule has 1 amide bonds. The fourth-order valence-corrected chi connectivity index (χ4v) is 4.34. The molecule has 0 atom stereocenters. The molecule has 0 radical (unpaired) electrons. The van der Waals surface area contributed by atoms with Crippen LogP contribution >= 0.6 is 0 Å². The lowest BCUT2D eigenvalue weighted by molar-refractivity contribution is 0.0996. The van der Waals surface area contributed by atoms with E-state index in [0.29, 0.717) is 22.6 Å². The van der Waals surface area contributed by atoms with Gasteiger partial charge < -0.3 is 5.73 Å². The van der Waals surface area contributed by atoms with Crippen molar-refractivity contribution in [2.24, 2.45) is 5.73 Å². The second kappa shape index (κ2) is 5.63. The number of aromatic nitrogens is 3. The fourth-order valence-electron chi connectivity index (χ4n) is 3.38. The second-order valence-electron chi connectivity index (χ2n) is 6.77. The number of nitrogens with zero attached hydrogens (tertiary/aromatic N) is 2. The van der Waals surface area contributed by atoms with Gasteiger partial charge in [-0.25, -0.2) is 13.4 Å². The Morgan fingerprint density at radius 2 is 2.04 bits per heavy atom. The van der Waals surface area contributed by atoms with Crippen molar-refractivity contribution in [2.45, 2.75) is 30.6 Å². The van der Waals surface area contributed by atoms with Gasteiger partial charge in [-0.15, -0.1) is 0 Å². The molecule has 3 aromatic rings. The van der Waals surface area contributed by atoms with Gasteiger partial charge in [-0.05, 0) is 37.0 Å². The van der Waals surface area contributed by atoms with Crippen LogP contribution in [0.1, 0.15) is 40.5 Å². The van der Waals surface area contributed by atoms with Gasteiger partial charge in [0.1, 0.15) is 5.69 Å². The molecule has 3 N–H and O–H groups in total. The number of H-pyrrole nitrogens is 1. The number of hydrogen-bond acceptors (Lipinski definition) is 5. The molecule has 4 rings (SSSR count). The maximum atomic E-state index is 12.0.